The van der Waals surface area contributed by atoms with E-state index in [1.54, 1.807) is 14.2 Å². The maximum absolute atomic E-state index is 11.3. The van der Waals surface area contributed by atoms with Gasteiger partial charge in [0.15, 0.2) is 11.5 Å². The van der Waals surface area contributed by atoms with Gasteiger partial charge in [-0.15, -0.1) is 0 Å². The van der Waals surface area contributed by atoms with Crippen molar-refractivity contribution in [2.24, 2.45) is 5.16 Å². The highest BCUT2D eigenvalue weighted by Crippen LogP contribution is 2.27. The number of nitrogens with one attached hydrogen (secondary N) is 1. The Morgan fingerprint density at radius 1 is 1.32 bits per heavy atom. The Bertz CT molecular complexity index is 472. The third kappa shape index (κ3) is 4.17. The molecule has 104 valence electrons. The van der Waals surface area contributed by atoms with Gasteiger partial charge in [-0.25, -0.2) is 0 Å². The Labute approximate surface area is 112 Å². The molecular formula is C13H18N2O4. The van der Waals surface area contributed by atoms with Gasteiger partial charge in [0.2, 0.25) is 0 Å². The smallest absolute Gasteiger partial charge is 0.268 e. The Hall–Kier alpha value is -2.24. The summed E-state index contributed by atoms with van der Waals surface area (Å²) in [5.74, 6) is 0.931. The first kappa shape index (κ1) is 14.8. The number of oxime groups is 1. The highest BCUT2D eigenvalue weighted by Gasteiger charge is 2.07. The van der Waals surface area contributed by atoms with E-state index >= 15 is 0 Å². The van der Waals surface area contributed by atoms with E-state index in [0.717, 1.165) is 5.56 Å². The van der Waals surface area contributed by atoms with Gasteiger partial charge < -0.3 is 20.0 Å². The van der Waals surface area contributed by atoms with Crippen molar-refractivity contribution in [1.29, 1.82) is 0 Å². The van der Waals surface area contributed by atoms with E-state index in [-0.39, 0.29) is 11.6 Å². The summed E-state index contributed by atoms with van der Waals surface area (Å²) in [7, 11) is 3.15. The van der Waals surface area contributed by atoms with Crippen LogP contribution < -0.4 is 14.8 Å². The van der Waals surface area contributed by atoms with Crippen LogP contribution in [0.4, 0.5) is 0 Å². The highest BCUT2D eigenvalue weighted by molar-refractivity contribution is 6.37. The molecule has 0 aliphatic rings. The molecule has 0 saturated carbocycles. The van der Waals surface area contributed by atoms with Crippen LogP contribution in [0.2, 0.25) is 0 Å². The largest absolute Gasteiger partial charge is 0.493 e. The van der Waals surface area contributed by atoms with E-state index in [0.29, 0.717) is 24.5 Å². The number of benzene rings is 1. The molecule has 19 heavy (non-hydrogen) atoms. The van der Waals surface area contributed by atoms with Crippen LogP contribution >= 0.6 is 0 Å². The summed E-state index contributed by atoms with van der Waals surface area (Å²) in [5.41, 5.74) is 1.05. The fourth-order valence-corrected chi connectivity index (χ4v) is 1.53. The molecule has 0 aromatic heterocycles. The van der Waals surface area contributed by atoms with E-state index in [2.05, 4.69) is 10.5 Å². The summed E-state index contributed by atoms with van der Waals surface area (Å²) >= 11 is 0. The number of ether oxygens (including phenoxy) is 2. The molecule has 0 bridgehead atoms. The lowest BCUT2D eigenvalue weighted by Gasteiger charge is -2.10. The minimum atomic E-state index is -0.386. The zero-order valence-electron chi connectivity index (χ0n) is 11.3. The average molecular weight is 266 g/mol. The Morgan fingerprint density at radius 2 is 2.00 bits per heavy atom. The molecule has 2 N–H and O–H groups in total. The van der Waals surface area contributed by atoms with Crippen LogP contribution in [0.1, 0.15) is 12.5 Å². The first-order valence-corrected chi connectivity index (χ1v) is 5.80. The van der Waals surface area contributed by atoms with Crippen LogP contribution in [0.15, 0.2) is 23.4 Å². The topological polar surface area (TPSA) is 80.2 Å². The summed E-state index contributed by atoms with van der Waals surface area (Å²) in [5, 5.41) is 13.9. The number of methoxy groups -OCH3 is 2. The lowest BCUT2D eigenvalue weighted by atomic mass is 10.1. The highest BCUT2D eigenvalue weighted by atomic mass is 16.5. The monoisotopic (exact) mass is 266 g/mol. The predicted molar refractivity (Wildman–Crippen MR) is 71.2 cm³/mol. The van der Waals surface area contributed by atoms with Crippen molar-refractivity contribution >= 4 is 11.6 Å². The van der Waals surface area contributed by atoms with Crippen LogP contribution in [0.25, 0.3) is 0 Å². The first-order valence-electron chi connectivity index (χ1n) is 5.80. The van der Waals surface area contributed by atoms with Crippen LogP contribution in [0.5, 0.6) is 11.5 Å². The Kier molecular flexibility index (Phi) is 5.66. The van der Waals surface area contributed by atoms with Crippen molar-refractivity contribution < 1.29 is 19.5 Å². The van der Waals surface area contributed by atoms with E-state index < -0.39 is 0 Å². The molecule has 0 aliphatic heterocycles. The third-order valence-electron chi connectivity index (χ3n) is 2.63. The maximum atomic E-state index is 11.3. The van der Waals surface area contributed by atoms with Gasteiger partial charge in [-0.05, 0) is 31.0 Å². The zero-order chi connectivity index (χ0) is 14.3. The first-order chi connectivity index (χ1) is 9.12. The van der Waals surface area contributed by atoms with Gasteiger partial charge in [0.05, 0.1) is 14.2 Å². The molecule has 1 amide bonds. The average Bonchev–Trinajstić information content (AvgIpc) is 2.45. The molecule has 0 fully saturated rings. The van der Waals surface area contributed by atoms with E-state index in [9.17, 15) is 4.79 Å². The molecule has 0 saturated heterocycles. The fraction of sp³-hybridized carbons (Fsp3) is 0.385. The lowest BCUT2D eigenvalue weighted by Crippen LogP contribution is -2.31. The number of carbonyl (C=O) groups excluding carboxylic acids is 1. The summed E-state index contributed by atoms with van der Waals surface area (Å²) in [6.07, 6.45) is 0.644. The minimum Gasteiger partial charge on any atom is -0.493 e. The van der Waals surface area contributed by atoms with Gasteiger partial charge in [0.1, 0.15) is 5.71 Å². The fourth-order valence-electron chi connectivity index (χ4n) is 1.53. The Morgan fingerprint density at radius 3 is 2.58 bits per heavy atom. The van der Waals surface area contributed by atoms with E-state index in [1.807, 2.05) is 18.2 Å². The third-order valence-corrected chi connectivity index (χ3v) is 2.63. The van der Waals surface area contributed by atoms with Gasteiger partial charge in [0.25, 0.3) is 5.91 Å². The molecule has 0 atom stereocenters. The molecule has 0 radical (unpaired) electrons. The SMILES string of the molecule is COc1ccc(CCNC(=O)/C(C)=N\O)cc1OC. The van der Waals surface area contributed by atoms with Crippen molar-refractivity contribution in [1.82, 2.24) is 5.32 Å². The molecule has 0 heterocycles. The summed E-state index contributed by atoms with van der Waals surface area (Å²) in [6, 6.07) is 5.58. The molecule has 1 rings (SSSR count). The van der Waals surface area contributed by atoms with Crippen molar-refractivity contribution in [3.63, 3.8) is 0 Å². The maximum Gasteiger partial charge on any atom is 0.268 e. The van der Waals surface area contributed by atoms with Crippen LogP contribution in [-0.4, -0.2) is 37.6 Å². The summed E-state index contributed by atoms with van der Waals surface area (Å²) in [6.45, 7) is 1.88. The minimum absolute atomic E-state index is 0.0345. The second kappa shape index (κ2) is 7.25. The molecule has 0 unspecified atom stereocenters. The molecule has 1 aromatic carbocycles. The quantitative estimate of drug-likeness (QED) is 0.461. The number of hydrogen-bond acceptors (Lipinski definition) is 5. The molecule has 0 spiro atoms. The van der Waals surface area contributed by atoms with Crippen molar-refractivity contribution in [2.45, 2.75) is 13.3 Å². The van der Waals surface area contributed by atoms with E-state index in [1.165, 1.54) is 6.92 Å². The van der Waals surface area contributed by atoms with Crippen LogP contribution in [0.3, 0.4) is 0 Å². The van der Waals surface area contributed by atoms with E-state index in [4.69, 9.17) is 14.7 Å². The molecule has 6 nitrogen and oxygen atoms in total. The molecule has 0 aliphatic carbocycles. The standard InChI is InChI=1S/C13H18N2O4/c1-9(15-17)13(16)14-7-6-10-4-5-11(18-2)12(8-10)19-3/h4-5,8,17H,6-7H2,1-3H3,(H,14,16)/b15-9-. The van der Waals surface area contributed by atoms with Gasteiger partial charge in [0, 0.05) is 6.54 Å². The number of amides is 1. The Balaban J connectivity index is 2.57. The van der Waals surface area contributed by atoms with Gasteiger partial charge >= 0.3 is 0 Å². The number of hydrogen-bond donors (Lipinski definition) is 2. The van der Waals surface area contributed by atoms with Crippen molar-refractivity contribution in [3.8, 4) is 11.5 Å². The molecule has 6 heteroatoms. The van der Waals surface area contributed by atoms with Gasteiger partial charge in [-0.1, -0.05) is 11.2 Å². The second-order valence-corrected chi connectivity index (χ2v) is 3.88. The summed E-state index contributed by atoms with van der Waals surface area (Å²) in [4.78, 5) is 11.3. The lowest BCUT2D eigenvalue weighted by molar-refractivity contribution is -0.114. The summed E-state index contributed by atoms with van der Waals surface area (Å²) < 4.78 is 10.3. The van der Waals surface area contributed by atoms with Crippen LogP contribution in [0, 0.1) is 0 Å². The molecule has 1 aromatic rings. The second-order valence-electron chi connectivity index (χ2n) is 3.88. The number of rotatable bonds is 6. The number of nitrogens with zero attached hydrogens (tertiary/aromatic N) is 1. The van der Waals surface area contributed by atoms with Gasteiger partial charge in [-0.3, -0.25) is 4.79 Å². The zero-order valence-corrected chi connectivity index (χ0v) is 11.3. The predicted octanol–water partition coefficient (Wildman–Crippen LogP) is 1.21. The number of carbonyl (C=O) groups is 1. The van der Waals surface area contributed by atoms with Gasteiger partial charge in [-0.2, -0.15) is 0 Å². The molecular weight excluding hydrogens is 248 g/mol. The van der Waals surface area contributed by atoms with Crippen molar-refractivity contribution in [2.75, 3.05) is 20.8 Å². The van der Waals surface area contributed by atoms with Crippen LogP contribution in [-0.2, 0) is 11.2 Å². The normalized spacial score (nSPS) is 11.0. The van der Waals surface area contributed by atoms with Crippen molar-refractivity contribution in [3.05, 3.63) is 23.8 Å².